The normalized spacial score (nSPS) is 10.7. The van der Waals surface area contributed by atoms with Crippen molar-refractivity contribution in [3.63, 3.8) is 0 Å². The van der Waals surface area contributed by atoms with Crippen LogP contribution >= 0.6 is 15.9 Å². The van der Waals surface area contributed by atoms with Crippen molar-refractivity contribution in [1.82, 2.24) is 9.38 Å². The number of benzene rings is 1. The molecule has 0 radical (unpaired) electrons. The fourth-order valence-electron chi connectivity index (χ4n) is 2.74. The summed E-state index contributed by atoms with van der Waals surface area (Å²) in [5.41, 5.74) is 2.27. The van der Waals surface area contributed by atoms with Gasteiger partial charge >= 0.3 is 5.97 Å². The van der Waals surface area contributed by atoms with Gasteiger partial charge in [0.1, 0.15) is 23.7 Å². The van der Waals surface area contributed by atoms with Crippen LogP contribution in [0, 0.1) is 0 Å². The first-order valence-corrected chi connectivity index (χ1v) is 9.16. The van der Waals surface area contributed by atoms with Gasteiger partial charge < -0.3 is 19.5 Å². The Bertz CT molecular complexity index is 971. The predicted octanol–water partition coefficient (Wildman–Crippen LogP) is 3.76. The summed E-state index contributed by atoms with van der Waals surface area (Å²) < 4.78 is 18.5. The number of nitrogens with zero attached hydrogens (tertiary/aromatic N) is 2. The maximum absolute atomic E-state index is 11.8. The molecule has 3 rings (SSSR count). The van der Waals surface area contributed by atoms with Gasteiger partial charge in [-0.3, -0.25) is 9.20 Å². The van der Waals surface area contributed by atoms with Crippen LogP contribution in [-0.4, -0.2) is 42.7 Å². The molecule has 0 bridgehead atoms. The standard InChI is InChI=1S/C19H20BrN3O4/c1-4-27-17(24)10-21-19-18(22-16-8-6-13(20)11-23(16)19)12-5-7-14(25-2)15(9-12)26-3/h5-9,11,21H,4,10H2,1-3H3. The van der Waals surface area contributed by atoms with Gasteiger partial charge in [-0.15, -0.1) is 0 Å². The van der Waals surface area contributed by atoms with E-state index in [1.165, 1.54) is 0 Å². The summed E-state index contributed by atoms with van der Waals surface area (Å²) in [5.74, 6) is 1.59. The smallest absolute Gasteiger partial charge is 0.325 e. The van der Waals surface area contributed by atoms with Crippen molar-refractivity contribution in [3.8, 4) is 22.8 Å². The van der Waals surface area contributed by atoms with Crippen molar-refractivity contribution >= 4 is 33.4 Å². The Labute approximate surface area is 165 Å². The molecule has 1 N–H and O–H groups in total. The first-order valence-electron chi connectivity index (χ1n) is 8.36. The van der Waals surface area contributed by atoms with E-state index in [1.807, 2.05) is 40.9 Å². The Morgan fingerprint density at radius 3 is 2.67 bits per heavy atom. The minimum atomic E-state index is -0.333. The third-order valence-electron chi connectivity index (χ3n) is 3.94. The van der Waals surface area contributed by atoms with Crippen LogP contribution in [0.1, 0.15) is 6.92 Å². The van der Waals surface area contributed by atoms with Crippen LogP contribution in [0.2, 0.25) is 0 Å². The zero-order valence-corrected chi connectivity index (χ0v) is 16.9. The Morgan fingerprint density at radius 2 is 1.96 bits per heavy atom. The maximum atomic E-state index is 11.8. The number of imidazole rings is 1. The van der Waals surface area contributed by atoms with Gasteiger partial charge in [0.25, 0.3) is 0 Å². The van der Waals surface area contributed by atoms with E-state index in [2.05, 4.69) is 21.2 Å². The molecule has 1 aromatic carbocycles. The second-order valence-corrected chi connectivity index (χ2v) is 6.53. The molecule has 0 saturated heterocycles. The molecule has 8 heteroatoms. The highest BCUT2D eigenvalue weighted by molar-refractivity contribution is 9.10. The van der Waals surface area contributed by atoms with Crippen LogP contribution < -0.4 is 14.8 Å². The number of halogens is 1. The van der Waals surface area contributed by atoms with Gasteiger partial charge in [0.05, 0.1) is 20.8 Å². The monoisotopic (exact) mass is 433 g/mol. The van der Waals surface area contributed by atoms with E-state index in [9.17, 15) is 4.79 Å². The minimum absolute atomic E-state index is 0.0361. The first kappa shape index (κ1) is 19.0. The molecule has 0 spiro atoms. The largest absolute Gasteiger partial charge is 0.493 e. The van der Waals surface area contributed by atoms with Crippen LogP contribution in [0.15, 0.2) is 41.0 Å². The summed E-state index contributed by atoms with van der Waals surface area (Å²) in [6.45, 7) is 2.15. The van der Waals surface area contributed by atoms with Gasteiger partial charge in [-0.05, 0) is 53.2 Å². The quantitative estimate of drug-likeness (QED) is 0.571. The molecule has 0 saturated carbocycles. The Hall–Kier alpha value is -2.74. The number of anilines is 1. The summed E-state index contributed by atoms with van der Waals surface area (Å²) in [5, 5.41) is 3.15. The van der Waals surface area contributed by atoms with Gasteiger partial charge in [0, 0.05) is 16.2 Å². The van der Waals surface area contributed by atoms with E-state index in [1.54, 1.807) is 21.1 Å². The molecule has 3 aromatic rings. The van der Waals surface area contributed by atoms with Gasteiger partial charge in [-0.1, -0.05) is 0 Å². The third-order valence-corrected chi connectivity index (χ3v) is 4.41. The van der Waals surface area contributed by atoms with Crippen LogP contribution in [-0.2, 0) is 9.53 Å². The Morgan fingerprint density at radius 1 is 1.19 bits per heavy atom. The zero-order chi connectivity index (χ0) is 19.4. The lowest BCUT2D eigenvalue weighted by Crippen LogP contribution is -2.17. The van der Waals surface area contributed by atoms with Gasteiger partial charge in [-0.25, -0.2) is 4.98 Å². The number of hydrogen-bond donors (Lipinski definition) is 1. The molecule has 0 unspecified atom stereocenters. The molecule has 2 aromatic heterocycles. The van der Waals surface area contributed by atoms with E-state index in [-0.39, 0.29) is 12.5 Å². The molecule has 2 heterocycles. The van der Waals surface area contributed by atoms with E-state index >= 15 is 0 Å². The minimum Gasteiger partial charge on any atom is -0.493 e. The SMILES string of the molecule is CCOC(=O)CNc1c(-c2ccc(OC)c(OC)c2)nc2ccc(Br)cn12. The van der Waals surface area contributed by atoms with Crippen molar-refractivity contribution in [2.45, 2.75) is 6.92 Å². The Balaban J connectivity index is 2.08. The number of ether oxygens (including phenoxy) is 3. The van der Waals surface area contributed by atoms with E-state index in [4.69, 9.17) is 19.2 Å². The molecule has 0 fully saturated rings. The molecule has 0 aliphatic carbocycles. The summed E-state index contributed by atoms with van der Waals surface area (Å²) in [7, 11) is 3.18. The van der Waals surface area contributed by atoms with Crippen molar-refractivity contribution < 1.29 is 19.0 Å². The molecular weight excluding hydrogens is 414 g/mol. The van der Waals surface area contributed by atoms with Crippen LogP contribution in [0.3, 0.4) is 0 Å². The summed E-state index contributed by atoms with van der Waals surface area (Å²) in [6.07, 6.45) is 1.89. The van der Waals surface area contributed by atoms with Crippen LogP contribution in [0.4, 0.5) is 5.82 Å². The van der Waals surface area contributed by atoms with Gasteiger partial charge in [0.2, 0.25) is 0 Å². The molecule has 7 nitrogen and oxygen atoms in total. The lowest BCUT2D eigenvalue weighted by molar-refractivity contribution is -0.140. The number of methoxy groups -OCH3 is 2. The highest BCUT2D eigenvalue weighted by atomic mass is 79.9. The third kappa shape index (κ3) is 4.00. The van der Waals surface area contributed by atoms with Crippen LogP contribution in [0.5, 0.6) is 11.5 Å². The molecule has 0 amide bonds. The highest BCUT2D eigenvalue weighted by Gasteiger charge is 2.17. The van der Waals surface area contributed by atoms with E-state index < -0.39 is 0 Å². The first-order chi connectivity index (χ1) is 13.1. The summed E-state index contributed by atoms with van der Waals surface area (Å²) >= 11 is 3.47. The average Bonchev–Trinajstić information content (AvgIpc) is 3.03. The molecule has 0 atom stereocenters. The van der Waals surface area contributed by atoms with Gasteiger partial charge in [-0.2, -0.15) is 0 Å². The molecular formula is C19H20BrN3O4. The lowest BCUT2D eigenvalue weighted by Gasteiger charge is -2.11. The number of hydrogen-bond acceptors (Lipinski definition) is 6. The maximum Gasteiger partial charge on any atom is 0.325 e. The van der Waals surface area contributed by atoms with E-state index in [0.29, 0.717) is 29.6 Å². The van der Waals surface area contributed by atoms with Crippen molar-refractivity contribution in [3.05, 3.63) is 41.0 Å². The number of nitrogens with one attached hydrogen (secondary N) is 1. The molecule has 0 aliphatic rings. The van der Waals surface area contributed by atoms with Crippen molar-refractivity contribution in [2.75, 3.05) is 32.7 Å². The fraction of sp³-hybridized carbons (Fsp3) is 0.263. The zero-order valence-electron chi connectivity index (χ0n) is 15.3. The lowest BCUT2D eigenvalue weighted by atomic mass is 10.1. The average molecular weight is 434 g/mol. The second kappa shape index (κ2) is 8.30. The Kier molecular flexibility index (Phi) is 5.85. The van der Waals surface area contributed by atoms with E-state index in [0.717, 1.165) is 15.7 Å². The number of fused-ring (bicyclic) bond motifs is 1. The number of carbonyl (C=O) groups excluding carboxylic acids is 1. The van der Waals surface area contributed by atoms with Crippen molar-refractivity contribution in [1.29, 1.82) is 0 Å². The number of pyridine rings is 1. The van der Waals surface area contributed by atoms with Crippen LogP contribution in [0.25, 0.3) is 16.9 Å². The number of aromatic nitrogens is 2. The molecule has 0 aliphatic heterocycles. The summed E-state index contributed by atoms with van der Waals surface area (Å²) in [6, 6.07) is 9.38. The fourth-order valence-corrected chi connectivity index (χ4v) is 3.08. The summed E-state index contributed by atoms with van der Waals surface area (Å²) in [4.78, 5) is 16.5. The number of esters is 1. The predicted molar refractivity (Wildman–Crippen MR) is 107 cm³/mol. The second-order valence-electron chi connectivity index (χ2n) is 5.61. The number of carbonyl (C=O) groups is 1. The topological polar surface area (TPSA) is 74.1 Å². The van der Waals surface area contributed by atoms with Crippen molar-refractivity contribution in [2.24, 2.45) is 0 Å². The molecule has 142 valence electrons. The number of rotatable bonds is 7. The highest BCUT2D eigenvalue weighted by Crippen LogP contribution is 2.35. The molecule has 27 heavy (non-hydrogen) atoms. The van der Waals surface area contributed by atoms with Gasteiger partial charge in [0.15, 0.2) is 11.5 Å².